The lowest BCUT2D eigenvalue weighted by Crippen LogP contribution is -2.39. The summed E-state index contributed by atoms with van der Waals surface area (Å²) in [6.07, 6.45) is 0.649. The number of rotatable bonds is 6. The summed E-state index contributed by atoms with van der Waals surface area (Å²) in [5.41, 5.74) is 3.20. The van der Waals surface area contributed by atoms with Gasteiger partial charge in [-0.1, -0.05) is 18.2 Å². The molecular formula is C21H25NO4. The lowest BCUT2D eigenvalue weighted by atomic mass is 9.96. The number of fused-ring (bicyclic) bond motifs is 1. The van der Waals surface area contributed by atoms with E-state index in [4.69, 9.17) is 14.2 Å². The molecule has 26 heavy (non-hydrogen) atoms. The molecule has 0 saturated heterocycles. The van der Waals surface area contributed by atoms with Gasteiger partial charge in [0.2, 0.25) is 5.91 Å². The topological polar surface area (TPSA) is 56.8 Å². The Morgan fingerprint density at radius 3 is 2.73 bits per heavy atom. The van der Waals surface area contributed by atoms with Crippen LogP contribution in [0.25, 0.3) is 0 Å². The number of hydrogen-bond donors (Lipinski definition) is 1. The smallest absolute Gasteiger partial charge is 0.227 e. The quantitative estimate of drug-likeness (QED) is 0.809. The summed E-state index contributed by atoms with van der Waals surface area (Å²) in [4.78, 5) is 12.4. The van der Waals surface area contributed by atoms with Crippen molar-refractivity contribution in [3.05, 3.63) is 53.1 Å². The van der Waals surface area contributed by atoms with E-state index in [2.05, 4.69) is 5.32 Å². The highest BCUT2D eigenvalue weighted by atomic mass is 16.5. The molecule has 1 aliphatic heterocycles. The highest BCUT2D eigenvalue weighted by Gasteiger charge is 2.26. The minimum atomic E-state index is -0.199. The van der Waals surface area contributed by atoms with Crippen molar-refractivity contribution in [2.75, 3.05) is 26.9 Å². The first kappa shape index (κ1) is 18.1. The average molecular weight is 355 g/mol. The Kier molecular flexibility index (Phi) is 5.66. The normalized spacial score (nSPS) is 15.6. The number of amides is 1. The molecule has 1 amide bonds. The van der Waals surface area contributed by atoms with Crippen LogP contribution in [0.2, 0.25) is 0 Å². The molecule has 0 saturated carbocycles. The summed E-state index contributed by atoms with van der Waals surface area (Å²) in [6, 6.07) is 11.7. The Bertz CT molecular complexity index is 767. The Balaban J connectivity index is 1.50. The van der Waals surface area contributed by atoms with Crippen molar-refractivity contribution in [2.45, 2.75) is 20.3 Å². The monoisotopic (exact) mass is 355 g/mol. The molecule has 138 valence electrons. The van der Waals surface area contributed by atoms with Crippen molar-refractivity contribution in [1.29, 1.82) is 0 Å². The minimum Gasteiger partial charge on any atom is -0.497 e. The van der Waals surface area contributed by atoms with Gasteiger partial charge in [0, 0.05) is 0 Å². The molecule has 0 bridgehead atoms. The standard InChI is InChI=1S/C21H25NO4/c1-14-5-4-6-15(2)20(14)25-10-9-22-21(23)17-11-16-12-18(24-3)7-8-19(16)26-13-17/h4-8,12,17H,9-11,13H2,1-3H3,(H,22,23). The van der Waals surface area contributed by atoms with Crippen molar-refractivity contribution < 1.29 is 19.0 Å². The molecule has 5 heteroatoms. The van der Waals surface area contributed by atoms with E-state index in [9.17, 15) is 4.79 Å². The number of carbonyl (C=O) groups excluding carboxylic acids is 1. The van der Waals surface area contributed by atoms with Gasteiger partial charge in [-0.2, -0.15) is 0 Å². The molecule has 2 aromatic rings. The molecule has 2 aromatic carbocycles. The first-order valence-electron chi connectivity index (χ1n) is 8.85. The Morgan fingerprint density at radius 1 is 1.23 bits per heavy atom. The number of ether oxygens (including phenoxy) is 3. The van der Waals surface area contributed by atoms with Crippen LogP contribution in [-0.2, 0) is 11.2 Å². The van der Waals surface area contributed by atoms with Gasteiger partial charge < -0.3 is 19.5 Å². The number of hydrogen-bond acceptors (Lipinski definition) is 4. The third-order valence-electron chi connectivity index (χ3n) is 4.60. The van der Waals surface area contributed by atoms with Crippen LogP contribution in [0.5, 0.6) is 17.2 Å². The second-order valence-electron chi connectivity index (χ2n) is 6.55. The van der Waals surface area contributed by atoms with E-state index in [0.29, 0.717) is 26.2 Å². The lowest BCUT2D eigenvalue weighted by Gasteiger charge is -2.25. The van der Waals surface area contributed by atoms with Gasteiger partial charge in [0.1, 0.15) is 30.5 Å². The highest BCUT2D eigenvalue weighted by molar-refractivity contribution is 5.79. The Labute approximate surface area is 154 Å². The average Bonchev–Trinajstić information content (AvgIpc) is 2.65. The van der Waals surface area contributed by atoms with E-state index in [1.54, 1.807) is 7.11 Å². The van der Waals surface area contributed by atoms with Crippen LogP contribution in [0.4, 0.5) is 0 Å². The predicted molar refractivity (Wildman–Crippen MR) is 100 cm³/mol. The molecule has 0 spiro atoms. The molecule has 0 radical (unpaired) electrons. The molecule has 0 fully saturated rings. The molecule has 1 heterocycles. The van der Waals surface area contributed by atoms with Crippen LogP contribution < -0.4 is 19.5 Å². The number of carbonyl (C=O) groups is 1. The number of para-hydroxylation sites is 1. The fourth-order valence-electron chi connectivity index (χ4n) is 3.16. The third-order valence-corrected chi connectivity index (χ3v) is 4.60. The maximum absolute atomic E-state index is 12.4. The molecule has 1 atom stereocenters. The zero-order valence-corrected chi connectivity index (χ0v) is 15.5. The number of benzene rings is 2. The van der Waals surface area contributed by atoms with E-state index >= 15 is 0 Å². The number of methoxy groups -OCH3 is 1. The van der Waals surface area contributed by atoms with Gasteiger partial charge in [0.25, 0.3) is 0 Å². The zero-order chi connectivity index (χ0) is 18.5. The van der Waals surface area contributed by atoms with Gasteiger partial charge in [0.05, 0.1) is 19.6 Å². The SMILES string of the molecule is COc1ccc2c(c1)CC(C(=O)NCCOc1c(C)cccc1C)CO2. The fraction of sp³-hybridized carbons (Fsp3) is 0.381. The first-order chi connectivity index (χ1) is 12.6. The molecule has 1 unspecified atom stereocenters. The van der Waals surface area contributed by atoms with Crippen molar-refractivity contribution in [2.24, 2.45) is 5.92 Å². The Morgan fingerprint density at radius 2 is 2.00 bits per heavy atom. The summed E-state index contributed by atoms with van der Waals surface area (Å²) in [7, 11) is 1.63. The summed E-state index contributed by atoms with van der Waals surface area (Å²) in [5.74, 6) is 2.28. The zero-order valence-electron chi connectivity index (χ0n) is 15.5. The largest absolute Gasteiger partial charge is 0.497 e. The second-order valence-corrected chi connectivity index (χ2v) is 6.55. The van der Waals surface area contributed by atoms with Crippen molar-refractivity contribution in [3.63, 3.8) is 0 Å². The molecular weight excluding hydrogens is 330 g/mol. The minimum absolute atomic E-state index is 0.0106. The second kappa shape index (κ2) is 8.13. The van der Waals surface area contributed by atoms with Crippen molar-refractivity contribution in [1.82, 2.24) is 5.32 Å². The van der Waals surface area contributed by atoms with Crippen molar-refractivity contribution in [3.8, 4) is 17.2 Å². The van der Waals surface area contributed by atoms with E-state index in [1.807, 2.05) is 50.2 Å². The Hall–Kier alpha value is -2.69. The lowest BCUT2D eigenvalue weighted by molar-refractivity contribution is -0.126. The number of nitrogens with one attached hydrogen (secondary N) is 1. The van der Waals surface area contributed by atoms with Gasteiger partial charge in [-0.05, 0) is 55.2 Å². The molecule has 0 aromatic heterocycles. The van der Waals surface area contributed by atoms with Crippen LogP contribution in [0, 0.1) is 19.8 Å². The van der Waals surface area contributed by atoms with Crippen molar-refractivity contribution >= 4 is 5.91 Å². The van der Waals surface area contributed by atoms with Gasteiger partial charge in [-0.3, -0.25) is 4.79 Å². The van der Waals surface area contributed by atoms with Crippen LogP contribution in [0.15, 0.2) is 36.4 Å². The van der Waals surface area contributed by atoms with Crippen LogP contribution >= 0.6 is 0 Å². The predicted octanol–water partition coefficient (Wildman–Crippen LogP) is 3.06. The van der Waals surface area contributed by atoms with Gasteiger partial charge in [0.15, 0.2) is 0 Å². The van der Waals surface area contributed by atoms with E-state index in [0.717, 1.165) is 33.9 Å². The molecule has 1 aliphatic rings. The molecule has 5 nitrogen and oxygen atoms in total. The van der Waals surface area contributed by atoms with Gasteiger partial charge >= 0.3 is 0 Å². The van der Waals surface area contributed by atoms with Crippen LogP contribution in [0.3, 0.4) is 0 Å². The van der Waals surface area contributed by atoms with E-state index in [1.165, 1.54) is 0 Å². The van der Waals surface area contributed by atoms with E-state index in [-0.39, 0.29) is 11.8 Å². The molecule has 0 aliphatic carbocycles. The highest BCUT2D eigenvalue weighted by Crippen LogP contribution is 2.30. The maximum Gasteiger partial charge on any atom is 0.227 e. The summed E-state index contributed by atoms with van der Waals surface area (Å²) < 4.78 is 16.8. The van der Waals surface area contributed by atoms with Crippen LogP contribution in [-0.4, -0.2) is 32.8 Å². The van der Waals surface area contributed by atoms with Gasteiger partial charge in [-0.25, -0.2) is 0 Å². The maximum atomic E-state index is 12.4. The van der Waals surface area contributed by atoms with Crippen LogP contribution in [0.1, 0.15) is 16.7 Å². The van der Waals surface area contributed by atoms with Gasteiger partial charge in [-0.15, -0.1) is 0 Å². The molecule has 3 rings (SSSR count). The third kappa shape index (κ3) is 4.10. The fourth-order valence-corrected chi connectivity index (χ4v) is 3.16. The molecule has 1 N–H and O–H groups in total. The summed E-state index contributed by atoms with van der Waals surface area (Å²) >= 11 is 0. The number of aryl methyl sites for hydroxylation is 2. The summed E-state index contributed by atoms with van der Waals surface area (Å²) in [5, 5.41) is 2.95. The first-order valence-corrected chi connectivity index (χ1v) is 8.85. The summed E-state index contributed by atoms with van der Waals surface area (Å²) in [6.45, 7) is 5.34. The van der Waals surface area contributed by atoms with E-state index < -0.39 is 0 Å².